The lowest BCUT2D eigenvalue weighted by atomic mass is 9.81. The quantitative estimate of drug-likeness (QED) is 0.407. The van der Waals surface area contributed by atoms with Crippen LogP contribution in [0, 0.1) is 13.8 Å². The first-order chi connectivity index (χ1) is 13.9. The standard InChI is InChI=1S/C28H30O/c1-6-21-11-13-23-24-14-12-22(18-26(24)28(4,5)25(23)17-21)8-7-15-29-27-16-19(2)9-10-20(27)3/h6,9-14,16-18H,1,7-8,15H2,2-5H3. The Bertz CT molecular complexity index is 1070. The van der Waals surface area contributed by atoms with Crippen LogP contribution in [-0.2, 0) is 11.8 Å². The summed E-state index contributed by atoms with van der Waals surface area (Å²) in [7, 11) is 0. The summed E-state index contributed by atoms with van der Waals surface area (Å²) in [5.41, 5.74) is 10.6. The molecule has 0 radical (unpaired) electrons. The van der Waals surface area contributed by atoms with Crippen LogP contribution in [0.5, 0.6) is 5.75 Å². The smallest absolute Gasteiger partial charge is 0.122 e. The van der Waals surface area contributed by atoms with E-state index in [1.165, 1.54) is 44.5 Å². The molecule has 0 aromatic heterocycles. The second kappa shape index (κ2) is 7.55. The minimum Gasteiger partial charge on any atom is -0.493 e. The number of ether oxygens (including phenoxy) is 1. The van der Waals surface area contributed by atoms with Crippen molar-refractivity contribution < 1.29 is 4.74 Å². The molecule has 3 aromatic rings. The van der Waals surface area contributed by atoms with Gasteiger partial charge >= 0.3 is 0 Å². The maximum absolute atomic E-state index is 6.04. The van der Waals surface area contributed by atoms with Crippen LogP contribution >= 0.6 is 0 Å². The van der Waals surface area contributed by atoms with Crippen molar-refractivity contribution in [3.63, 3.8) is 0 Å². The summed E-state index contributed by atoms with van der Waals surface area (Å²) >= 11 is 0. The molecule has 0 amide bonds. The largest absolute Gasteiger partial charge is 0.493 e. The van der Waals surface area contributed by atoms with Crippen LogP contribution in [0.2, 0.25) is 0 Å². The Morgan fingerprint density at radius 1 is 0.897 bits per heavy atom. The monoisotopic (exact) mass is 382 g/mol. The zero-order valence-electron chi connectivity index (χ0n) is 18.0. The third-order valence-corrected chi connectivity index (χ3v) is 6.21. The number of hydrogen-bond donors (Lipinski definition) is 0. The molecule has 4 rings (SSSR count). The van der Waals surface area contributed by atoms with Crippen LogP contribution < -0.4 is 4.74 Å². The summed E-state index contributed by atoms with van der Waals surface area (Å²) in [4.78, 5) is 0. The van der Waals surface area contributed by atoms with Gasteiger partial charge in [0.15, 0.2) is 0 Å². The number of aryl methyl sites for hydroxylation is 3. The van der Waals surface area contributed by atoms with Gasteiger partial charge in [-0.3, -0.25) is 0 Å². The van der Waals surface area contributed by atoms with Gasteiger partial charge < -0.3 is 4.74 Å². The van der Waals surface area contributed by atoms with Crippen LogP contribution in [0.1, 0.15) is 53.6 Å². The van der Waals surface area contributed by atoms with Crippen molar-refractivity contribution in [2.75, 3.05) is 6.61 Å². The fourth-order valence-electron chi connectivity index (χ4n) is 4.41. The van der Waals surface area contributed by atoms with E-state index in [-0.39, 0.29) is 5.41 Å². The Labute approximate surface area is 175 Å². The summed E-state index contributed by atoms with van der Waals surface area (Å²) in [6, 6.07) is 20.1. The molecule has 29 heavy (non-hydrogen) atoms. The summed E-state index contributed by atoms with van der Waals surface area (Å²) in [5, 5.41) is 0. The highest BCUT2D eigenvalue weighted by Crippen LogP contribution is 2.49. The molecule has 1 aliphatic carbocycles. The van der Waals surface area contributed by atoms with E-state index < -0.39 is 0 Å². The van der Waals surface area contributed by atoms with Crippen molar-refractivity contribution in [1.82, 2.24) is 0 Å². The topological polar surface area (TPSA) is 9.23 Å². The minimum atomic E-state index is 0.0227. The summed E-state index contributed by atoms with van der Waals surface area (Å²) in [6.45, 7) is 13.5. The lowest BCUT2D eigenvalue weighted by Crippen LogP contribution is -2.15. The van der Waals surface area contributed by atoms with Gasteiger partial charge in [0.1, 0.15) is 5.75 Å². The molecule has 0 spiro atoms. The fraction of sp³-hybridized carbons (Fsp3) is 0.286. The second-order valence-corrected chi connectivity index (χ2v) is 8.74. The molecule has 0 saturated carbocycles. The maximum Gasteiger partial charge on any atom is 0.122 e. The van der Waals surface area contributed by atoms with Crippen LogP contribution in [0.4, 0.5) is 0 Å². The second-order valence-electron chi connectivity index (χ2n) is 8.74. The summed E-state index contributed by atoms with van der Waals surface area (Å²) in [6.07, 6.45) is 3.98. The van der Waals surface area contributed by atoms with E-state index in [0.29, 0.717) is 0 Å². The van der Waals surface area contributed by atoms with Gasteiger partial charge in [-0.25, -0.2) is 0 Å². The maximum atomic E-state index is 6.04. The van der Waals surface area contributed by atoms with Crippen molar-refractivity contribution in [2.24, 2.45) is 0 Å². The molecule has 1 aliphatic rings. The Hall–Kier alpha value is -2.80. The van der Waals surface area contributed by atoms with Crippen LogP contribution in [0.25, 0.3) is 17.2 Å². The molecule has 148 valence electrons. The van der Waals surface area contributed by atoms with Crippen molar-refractivity contribution in [3.05, 3.63) is 94.6 Å². The Morgan fingerprint density at radius 2 is 1.62 bits per heavy atom. The summed E-state index contributed by atoms with van der Waals surface area (Å²) < 4.78 is 6.04. The molecule has 1 heteroatoms. The molecule has 0 unspecified atom stereocenters. The highest BCUT2D eigenvalue weighted by Gasteiger charge is 2.35. The van der Waals surface area contributed by atoms with Gasteiger partial charge in [0.05, 0.1) is 6.61 Å². The van der Waals surface area contributed by atoms with E-state index >= 15 is 0 Å². The van der Waals surface area contributed by atoms with Crippen molar-refractivity contribution >= 4 is 6.08 Å². The average molecular weight is 383 g/mol. The molecule has 0 heterocycles. The molecule has 0 atom stereocenters. The molecule has 0 aliphatic heterocycles. The van der Waals surface area contributed by atoms with Crippen LogP contribution in [0.15, 0.2) is 61.2 Å². The predicted octanol–water partition coefficient (Wildman–Crippen LogP) is 7.26. The molecule has 0 N–H and O–H groups in total. The highest BCUT2D eigenvalue weighted by molar-refractivity contribution is 5.82. The van der Waals surface area contributed by atoms with E-state index in [1.54, 1.807) is 0 Å². The van der Waals surface area contributed by atoms with Gasteiger partial charge in [-0.05, 0) is 77.3 Å². The summed E-state index contributed by atoms with van der Waals surface area (Å²) in [5.74, 6) is 1.01. The Kier molecular flexibility index (Phi) is 5.08. The molecule has 1 nitrogen and oxygen atoms in total. The van der Waals surface area contributed by atoms with Crippen LogP contribution in [0.3, 0.4) is 0 Å². The highest BCUT2D eigenvalue weighted by atomic mass is 16.5. The van der Waals surface area contributed by atoms with Crippen molar-refractivity contribution in [3.8, 4) is 16.9 Å². The van der Waals surface area contributed by atoms with Gasteiger partial charge in [-0.15, -0.1) is 0 Å². The average Bonchev–Trinajstić information content (AvgIpc) is 2.94. The lowest BCUT2D eigenvalue weighted by Gasteiger charge is -2.22. The zero-order valence-corrected chi connectivity index (χ0v) is 18.0. The van der Waals surface area contributed by atoms with Crippen LogP contribution in [-0.4, -0.2) is 6.61 Å². The fourth-order valence-corrected chi connectivity index (χ4v) is 4.41. The molecule has 0 fully saturated rings. The normalized spacial score (nSPS) is 13.7. The number of benzene rings is 3. The first kappa shape index (κ1) is 19.5. The Balaban J connectivity index is 1.47. The van der Waals surface area contributed by atoms with E-state index in [9.17, 15) is 0 Å². The first-order valence-electron chi connectivity index (χ1n) is 10.5. The number of fused-ring (bicyclic) bond motifs is 3. The number of hydrogen-bond acceptors (Lipinski definition) is 1. The molecular weight excluding hydrogens is 352 g/mol. The van der Waals surface area contributed by atoms with E-state index in [2.05, 4.69) is 88.9 Å². The SMILES string of the molecule is C=Cc1ccc2c(c1)C(C)(C)c1cc(CCCOc3cc(C)ccc3C)ccc1-2. The third-order valence-electron chi connectivity index (χ3n) is 6.21. The predicted molar refractivity (Wildman–Crippen MR) is 124 cm³/mol. The first-order valence-corrected chi connectivity index (χ1v) is 10.5. The van der Waals surface area contributed by atoms with E-state index in [1.807, 2.05) is 6.08 Å². The van der Waals surface area contributed by atoms with Crippen molar-refractivity contribution in [1.29, 1.82) is 0 Å². The molecular formula is C28H30O. The molecule has 3 aromatic carbocycles. The minimum absolute atomic E-state index is 0.0227. The lowest BCUT2D eigenvalue weighted by molar-refractivity contribution is 0.309. The number of rotatable bonds is 6. The molecule has 0 saturated heterocycles. The van der Waals surface area contributed by atoms with Gasteiger partial charge in [-0.1, -0.05) is 75.0 Å². The van der Waals surface area contributed by atoms with Crippen molar-refractivity contribution in [2.45, 2.75) is 46.0 Å². The van der Waals surface area contributed by atoms with Gasteiger partial charge in [0.2, 0.25) is 0 Å². The third kappa shape index (κ3) is 3.62. The Morgan fingerprint density at radius 3 is 2.38 bits per heavy atom. The van der Waals surface area contributed by atoms with Gasteiger partial charge in [0.25, 0.3) is 0 Å². The van der Waals surface area contributed by atoms with Gasteiger partial charge in [0, 0.05) is 5.41 Å². The van der Waals surface area contributed by atoms with E-state index in [0.717, 1.165) is 25.2 Å². The van der Waals surface area contributed by atoms with Gasteiger partial charge in [-0.2, -0.15) is 0 Å². The zero-order chi connectivity index (χ0) is 20.6. The molecule has 0 bridgehead atoms. The van der Waals surface area contributed by atoms with E-state index in [4.69, 9.17) is 4.74 Å².